The van der Waals surface area contributed by atoms with Crippen LogP contribution in [0.25, 0.3) is 6.08 Å². The molecule has 0 unspecified atom stereocenters. The molecule has 0 saturated heterocycles. The van der Waals surface area contributed by atoms with Gasteiger partial charge in [0.05, 0.1) is 0 Å². The van der Waals surface area contributed by atoms with Gasteiger partial charge in [0.2, 0.25) is 0 Å². The van der Waals surface area contributed by atoms with Crippen LogP contribution in [0.5, 0.6) is 0 Å². The summed E-state index contributed by atoms with van der Waals surface area (Å²) in [6.45, 7) is 0. The smallest absolute Gasteiger partial charge is 0.328 e. The van der Waals surface area contributed by atoms with E-state index in [0.29, 0.717) is 0 Å². The first-order valence-electron chi connectivity index (χ1n) is 3.25. The van der Waals surface area contributed by atoms with Crippen molar-refractivity contribution in [2.45, 2.75) is 0 Å². The molecule has 0 aromatic heterocycles. The van der Waals surface area contributed by atoms with Gasteiger partial charge in [-0.25, -0.2) is 4.79 Å². The Kier molecular flexibility index (Phi) is 6.60. The molecule has 12 heavy (non-hydrogen) atoms. The molecule has 2 nitrogen and oxygen atoms in total. The molecule has 0 aliphatic carbocycles. The molecular formula is C9H8KO2. The van der Waals surface area contributed by atoms with E-state index in [0.717, 1.165) is 11.6 Å². The molecule has 0 amide bonds. The summed E-state index contributed by atoms with van der Waals surface area (Å²) < 4.78 is 0. The quantitative estimate of drug-likeness (QED) is 0.561. The third-order valence-electron chi connectivity index (χ3n) is 1.22. The van der Waals surface area contributed by atoms with Crippen molar-refractivity contribution < 1.29 is 9.90 Å². The van der Waals surface area contributed by atoms with Crippen molar-refractivity contribution in [3.05, 3.63) is 42.0 Å². The Bertz CT molecular complexity index is 267. The van der Waals surface area contributed by atoms with Crippen LogP contribution >= 0.6 is 0 Å². The molecule has 0 bridgehead atoms. The van der Waals surface area contributed by atoms with Gasteiger partial charge >= 0.3 is 5.97 Å². The second-order valence-electron chi connectivity index (χ2n) is 2.08. The molecule has 3 heteroatoms. The van der Waals surface area contributed by atoms with E-state index in [1.165, 1.54) is 0 Å². The fourth-order valence-electron chi connectivity index (χ4n) is 0.732. The maximum Gasteiger partial charge on any atom is 0.328 e. The molecule has 0 atom stereocenters. The Labute approximate surface area is 114 Å². The number of hydrogen-bond acceptors (Lipinski definition) is 1. The molecule has 0 spiro atoms. The van der Waals surface area contributed by atoms with E-state index in [2.05, 4.69) is 0 Å². The monoisotopic (exact) mass is 187 g/mol. The number of carboxylic acid groups (broad SMARTS) is 1. The number of carbonyl (C=O) groups is 1. The van der Waals surface area contributed by atoms with Crippen molar-refractivity contribution >= 4 is 63.4 Å². The van der Waals surface area contributed by atoms with E-state index in [-0.39, 0.29) is 51.4 Å². The first kappa shape index (κ1) is 12.1. The molecule has 1 aromatic carbocycles. The van der Waals surface area contributed by atoms with Crippen LogP contribution in [0.3, 0.4) is 0 Å². The van der Waals surface area contributed by atoms with E-state index >= 15 is 0 Å². The third kappa shape index (κ3) is 4.85. The topological polar surface area (TPSA) is 37.3 Å². The zero-order valence-corrected chi connectivity index (χ0v) is 10.0. The Morgan fingerprint density at radius 2 is 1.83 bits per heavy atom. The van der Waals surface area contributed by atoms with Crippen LogP contribution in [0, 0.1) is 0 Å². The molecule has 57 valence electrons. The number of carboxylic acids is 1. The van der Waals surface area contributed by atoms with Crippen LogP contribution in [-0.2, 0) is 4.79 Å². The van der Waals surface area contributed by atoms with E-state index in [9.17, 15) is 4.79 Å². The summed E-state index contributed by atoms with van der Waals surface area (Å²) in [7, 11) is 0. The summed E-state index contributed by atoms with van der Waals surface area (Å²) in [6, 6.07) is 9.31. The zero-order valence-electron chi connectivity index (χ0n) is 6.90. The van der Waals surface area contributed by atoms with Crippen molar-refractivity contribution in [3.8, 4) is 0 Å². The summed E-state index contributed by atoms with van der Waals surface area (Å²) in [5.74, 6) is -0.922. The van der Waals surface area contributed by atoms with Crippen molar-refractivity contribution in [2.75, 3.05) is 0 Å². The zero-order chi connectivity index (χ0) is 8.10. The van der Waals surface area contributed by atoms with Gasteiger partial charge in [-0.3, -0.25) is 0 Å². The van der Waals surface area contributed by atoms with Crippen LogP contribution in [0.1, 0.15) is 5.56 Å². The van der Waals surface area contributed by atoms with Gasteiger partial charge in [-0.05, 0) is 11.6 Å². The molecule has 0 saturated carbocycles. The van der Waals surface area contributed by atoms with Crippen LogP contribution in [-0.4, -0.2) is 62.5 Å². The van der Waals surface area contributed by atoms with Gasteiger partial charge < -0.3 is 5.11 Å². The fraction of sp³-hybridized carbons (Fsp3) is 0. The van der Waals surface area contributed by atoms with Crippen LogP contribution in [0.4, 0.5) is 0 Å². The second kappa shape index (κ2) is 6.57. The summed E-state index contributed by atoms with van der Waals surface area (Å²) in [4.78, 5) is 10.1. The van der Waals surface area contributed by atoms with Crippen LogP contribution in [0.2, 0.25) is 0 Å². The number of benzene rings is 1. The van der Waals surface area contributed by atoms with E-state index in [1.54, 1.807) is 6.08 Å². The van der Waals surface area contributed by atoms with Crippen molar-refractivity contribution in [3.63, 3.8) is 0 Å². The predicted molar refractivity (Wildman–Crippen MR) is 48.9 cm³/mol. The van der Waals surface area contributed by atoms with Gasteiger partial charge in [-0.15, -0.1) is 0 Å². The maximum atomic E-state index is 10.1. The largest absolute Gasteiger partial charge is 0.478 e. The standard InChI is InChI=1S/C9H8O2.K/c10-9(11)7-6-8-4-2-1-3-5-8;/h1-7H,(H,10,11);/b7-6+;. The van der Waals surface area contributed by atoms with Gasteiger partial charge in [0.15, 0.2) is 0 Å². The Balaban J connectivity index is 0.00000121. The maximum absolute atomic E-state index is 10.1. The summed E-state index contributed by atoms with van der Waals surface area (Å²) >= 11 is 0. The second-order valence-corrected chi connectivity index (χ2v) is 2.08. The van der Waals surface area contributed by atoms with Gasteiger partial charge in [0.1, 0.15) is 0 Å². The molecule has 0 heterocycles. The first-order chi connectivity index (χ1) is 5.29. The Morgan fingerprint density at radius 1 is 1.25 bits per heavy atom. The molecular weight excluding hydrogens is 179 g/mol. The van der Waals surface area contributed by atoms with Crippen molar-refractivity contribution in [1.29, 1.82) is 0 Å². The normalized spacial score (nSPS) is 9.33. The summed E-state index contributed by atoms with van der Waals surface area (Å²) in [5, 5.41) is 8.29. The minimum absolute atomic E-state index is 0. The Hall–Kier alpha value is 0.0664. The minimum atomic E-state index is -0.922. The minimum Gasteiger partial charge on any atom is -0.478 e. The van der Waals surface area contributed by atoms with E-state index in [4.69, 9.17) is 5.11 Å². The number of aliphatic carboxylic acids is 1. The van der Waals surface area contributed by atoms with Crippen LogP contribution < -0.4 is 0 Å². The predicted octanol–water partition coefficient (Wildman–Crippen LogP) is 1.40. The number of rotatable bonds is 2. The number of hydrogen-bond donors (Lipinski definition) is 1. The molecule has 0 fully saturated rings. The van der Waals surface area contributed by atoms with Gasteiger partial charge in [-0.1, -0.05) is 30.3 Å². The van der Waals surface area contributed by atoms with Gasteiger partial charge in [-0.2, -0.15) is 0 Å². The molecule has 0 aliphatic heterocycles. The Morgan fingerprint density at radius 3 is 2.33 bits per heavy atom. The van der Waals surface area contributed by atoms with Crippen molar-refractivity contribution in [1.82, 2.24) is 0 Å². The van der Waals surface area contributed by atoms with E-state index in [1.807, 2.05) is 30.3 Å². The molecule has 1 radical (unpaired) electrons. The first-order valence-corrected chi connectivity index (χ1v) is 3.25. The third-order valence-corrected chi connectivity index (χ3v) is 1.22. The molecule has 0 aliphatic rings. The summed E-state index contributed by atoms with van der Waals surface area (Å²) in [6.07, 6.45) is 2.68. The molecule has 1 N–H and O–H groups in total. The van der Waals surface area contributed by atoms with Crippen LogP contribution in [0.15, 0.2) is 36.4 Å². The van der Waals surface area contributed by atoms with Gasteiger partial charge in [0, 0.05) is 57.5 Å². The summed E-state index contributed by atoms with van der Waals surface area (Å²) in [5.41, 5.74) is 0.898. The SMILES string of the molecule is O=C(O)/C=C/c1ccccc1.[K]. The average molecular weight is 187 g/mol. The van der Waals surface area contributed by atoms with E-state index < -0.39 is 5.97 Å². The molecule has 1 rings (SSSR count). The van der Waals surface area contributed by atoms with Gasteiger partial charge in [0.25, 0.3) is 0 Å². The molecule has 1 aromatic rings. The fourth-order valence-corrected chi connectivity index (χ4v) is 0.732. The van der Waals surface area contributed by atoms with Crippen molar-refractivity contribution in [2.24, 2.45) is 0 Å². The average Bonchev–Trinajstić information content (AvgIpc) is 2.03.